The van der Waals surface area contributed by atoms with E-state index in [-0.39, 0.29) is 34.8 Å². The number of halogens is 1. The van der Waals surface area contributed by atoms with E-state index in [2.05, 4.69) is 25.6 Å². The first-order valence-electron chi connectivity index (χ1n) is 11.9. The van der Waals surface area contributed by atoms with Crippen molar-refractivity contribution in [3.8, 4) is 0 Å². The topological polar surface area (TPSA) is 99.8 Å². The summed E-state index contributed by atoms with van der Waals surface area (Å²) in [4.78, 5) is 36.7. The Morgan fingerprint density at radius 3 is 2.53 bits per heavy atom. The van der Waals surface area contributed by atoms with Crippen molar-refractivity contribution in [1.82, 2.24) is 20.3 Å². The standard InChI is InChI=1S/C26H30FN5O2/c1-16-11-18(3-4-19(16)27)12-29-24(34)23-22-21(31-15-32-23)20(13-28-22)30-14-25-5-8-26(9-6-25,10-7-25)17(2)33/h3-4,11,13,15,28,30H,5-10,12,14H2,1-2H3,(H,29,34). The molecular weight excluding hydrogens is 433 g/mol. The molecule has 0 aliphatic heterocycles. The third kappa shape index (κ3) is 3.95. The molecule has 0 radical (unpaired) electrons. The number of Topliss-reactive ketones (excluding diaryl/α,β-unsaturated/α-hetero) is 1. The van der Waals surface area contributed by atoms with Crippen LogP contribution in [0.5, 0.6) is 0 Å². The van der Waals surface area contributed by atoms with Crippen molar-refractivity contribution in [2.24, 2.45) is 10.8 Å². The molecule has 3 fully saturated rings. The van der Waals surface area contributed by atoms with Gasteiger partial charge in [0.15, 0.2) is 5.69 Å². The number of nitrogens with zero attached hydrogens (tertiary/aromatic N) is 2. The predicted molar refractivity (Wildman–Crippen MR) is 128 cm³/mol. The Balaban J connectivity index is 1.27. The summed E-state index contributed by atoms with van der Waals surface area (Å²) in [7, 11) is 0. The number of aromatic nitrogens is 3. The van der Waals surface area contributed by atoms with Gasteiger partial charge in [-0.1, -0.05) is 12.1 Å². The Labute approximate surface area is 198 Å². The molecule has 6 rings (SSSR count). The summed E-state index contributed by atoms with van der Waals surface area (Å²) < 4.78 is 13.5. The van der Waals surface area contributed by atoms with Gasteiger partial charge in [-0.2, -0.15) is 0 Å². The zero-order valence-electron chi connectivity index (χ0n) is 19.6. The van der Waals surface area contributed by atoms with Crippen LogP contribution in [0.4, 0.5) is 10.1 Å². The van der Waals surface area contributed by atoms with Crippen molar-refractivity contribution in [3.05, 3.63) is 53.4 Å². The molecule has 3 aliphatic carbocycles. The molecule has 3 N–H and O–H groups in total. The van der Waals surface area contributed by atoms with Gasteiger partial charge in [-0.15, -0.1) is 0 Å². The summed E-state index contributed by atoms with van der Waals surface area (Å²) in [5.41, 5.74) is 3.88. The molecule has 3 aromatic rings. The third-order valence-electron chi connectivity index (χ3n) is 8.16. The SMILES string of the molecule is CC(=O)C12CCC(CNc3c[nH]c4c(C(=O)NCc5ccc(F)c(C)c5)ncnc34)(CC1)CC2. The number of ketones is 1. The van der Waals surface area contributed by atoms with E-state index in [1.165, 1.54) is 12.4 Å². The number of carbonyl (C=O) groups excluding carboxylic acids is 2. The second-order valence-corrected chi connectivity index (χ2v) is 10.1. The summed E-state index contributed by atoms with van der Waals surface area (Å²) in [5.74, 6) is -0.234. The van der Waals surface area contributed by atoms with E-state index in [1.807, 2.05) is 6.20 Å². The molecule has 3 saturated carbocycles. The van der Waals surface area contributed by atoms with E-state index in [0.717, 1.165) is 56.3 Å². The Morgan fingerprint density at radius 1 is 1.12 bits per heavy atom. The molecule has 2 aromatic heterocycles. The maximum Gasteiger partial charge on any atom is 0.272 e. The van der Waals surface area contributed by atoms with Crippen molar-refractivity contribution in [3.63, 3.8) is 0 Å². The lowest BCUT2D eigenvalue weighted by molar-refractivity contribution is -0.135. The van der Waals surface area contributed by atoms with Crippen LogP contribution in [-0.4, -0.2) is 33.2 Å². The van der Waals surface area contributed by atoms with E-state index in [9.17, 15) is 14.0 Å². The number of nitrogens with one attached hydrogen (secondary N) is 3. The van der Waals surface area contributed by atoms with Gasteiger partial charge in [-0.3, -0.25) is 9.59 Å². The molecular formula is C26H30FN5O2. The summed E-state index contributed by atoms with van der Waals surface area (Å²) >= 11 is 0. The van der Waals surface area contributed by atoms with Gasteiger partial charge in [-0.05, 0) is 75.0 Å². The van der Waals surface area contributed by atoms with Gasteiger partial charge in [0.2, 0.25) is 0 Å². The number of carbonyl (C=O) groups is 2. The maximum absolute atomic E-state index is 13.5. The largest absolute Gasteiger partial charge is 0.381 e. The van der Waals surface area contributed by atoms with Crippen LogP contribution < -0.4 is 10.6 Å². The molecule has 0 spiro atoms. The van der Waals surface area contributed by atoms with Crippen molar-refractivity contribution in [2.75, 3.05) is 11.9 Å². The monoisotopic (exact) mass is 463 g/mol. The molecule has 178 valence electrons. The molecule has 1 aromatic carbocycles. The second-order valence-electron chi connectivity index (χ2n) is 10.1. The zero-order valence-corrected chi connectivity index (χ0v) is 19.6. The molecule has 7 nitrogen and oxygen atoms in total. The van der Waals surface area contributed by atoms with Crippen molar-refractivity contribution >= 4 is 28.4 Å². The van der Waals surface area contributed by atoms with E-state index in [1.54, 1.807) is 26.0 Å². The van der Waals surface area contributed by atoms with Gasteiger partial charge in [0, 0.05) is 24.7 Å². The summed E-state index contributed by atoms with van der Waals surface area (Å²) in [6, 6.07) is 4.78. The molecule has 2 heterocycles. The number of rotatable bonds is 7. The minimum Gasteiger partial charge on any atom is -0.381 e. The minimum absolute atomic E-state index is 0.0787. The fourth-order valence-corrected chi connectivity index (χ4v) is 5.67. The van der Waals surface area contributed by atoms with Crippen LogP contribution in [0, 0.1) is 23.6 Å². The van der Waals surface area contributed by atoms with Gasteiger partial charge >= 0.3 is 0 Å². The zero-order chi connectivity index (χ0) is 23.9. The summed E-state index contributed by atoms with van der Waals surface area (Å²) in [6.45, 7) is 4.55. The third-order valence-corrected chi connectivity index (χ3v) is 8.16. The quantitative estimate of drug-likeness (QED) is 0.473. The summed E-state index contributed by atoms with van der Waals surface area (Å²) in [5, 5.41) is 6.42. The van der Waals surface area contributed by atoms with Crippen LogP contribution in [-0.2, 0) is 11.3 Å². The van der Waals surface area contributed by atoms with Gasteiger partial charge in [-0.25, -0.2) is 14.4 Å². The number of aryl methyl sites for hydroxylation is 1. The van der Waals surface area contributed by atoms with Gasteiger partial charge in [0.25, 0.3) is 5.91 Å². The number of benzene rings is 1. The number of fused-ring (bicyclic) bond motifs is 4. The van der Waals surface area contributed by atoms with Crippen LogP contribution in [0.2, 0.25) is 0 Å². The molecule has 34 heavy (non-hydrogen) atoms. The van der Waals surface area contributed by atoms with Gasteiger partial charge in [0.1, 0.15) is 23.4 Å². The normalized spacial score (nSPS) is 23.7. The number of hydrogen-bond acceptors (Lipinski definition) is 5. The average molecular weight is 464 g/mol. The smallest absolute Gasteiger partial charge is 0.272 e. The van der Waals surface area contributed by atoms with Crippen molar-refractivity contribution < 1.29 is 14.0 Å². The first kappa shape index (κ1) is 22.5. The fourth-order valence-electron chi connectivity index (χ4n) is 5.67. The molecule has 2 bridgehead atoms. The van der Waals surface area contributed by atoms with E-state index in [0.29, 0.717) is 22.4 Å². The Bertz CT molecular complexity index is 1240. The lowest BCUT2D eigenvalue weighted by Crippen LogP contribution is -2.47. The van der Waals surface area contributed by atoms with E-state index < -0.39 is 0 Å². The van der Waals surface area contributed by atoms with Crippen LogP contribution in [0.3, 0.4) is 0 Å². The molecule has 0 unspecified atom stereocenters. The van der Waals surface area contributed by atoms with Crippen LogP contribution in [0.25, 0.3) is 11.0 Å². The average Bonchev–Trinajstić information content (AvgIpc) is 3.28. The first-order chi connectivity index (χ1) is 16.3. The number of aromatic amines is 1. The van der Waals surface area contributed by atoms with Gasteiger partial charge < -0.3 is 15.6 Å². The highest BCUT2D eigenvalue weighted by Gasteiger charge is 2.50. The first-order valence-corrected chi connectivity index (χ1v) is 11.9. The molecule has 0 saturated heterocycles. The Morgan fingerprint density at radius 2 is 1.85 bits per heavy atom. The number of H-pyrrole nitrogens is 1. The van der Waals surface area contributed by atoms with Gasteiger partial charge in [0.05, 0.1) is 11.2 Å². The maximum atomic E-state index is 13.5. The highest BCUT2D eigenvalue weighted by molar-refractivity contribution is 6.05. The summed E-state index contributed by atoms with van der Waals surface area (Å²) in [6.07, 6.45) is 9.38. The molecule has 8 heteroatoms. The predicted octanol–water partition coefficient (Wildman–Crippen LogP) is 4.68. The van der Waals surface area contributed by atoms with Crippen molar-refractivity contribution in [1.29, 1.82) is 0 Å². The molecule has 0 atom stereocenters. The number of amides is 1. The lowest BCUT2D eigenvalue weighted by atomic mass is 9.52. The van der Waals surface area contributed by atoms with Crippen molar-refractivity contribution in [2.45, 2.75) is 58.9 Å². The van der Waals surface area contributed by atoms with E-state index >= 15 is 0 Å². The number of hydrogen-bond donors (Lipinski definition) is 3. The lowest BCUT2D eigenvalue weighted by Gasteiger charge is -2.52. The fraction of sp³-hybridized carbons (Fsp3) is 0.462. The van der Waals surface area contributed by atoms with Crippen LogP contribution in [0.15, 0.2) is 30.7 Å². The highest BCUT2D eigenvalue weighted by atomic mass is 19.1. The van der Waals surface area contributed by atoms with Crippen LogP contribution >= 0.6 is 0 Å². The molecule has 3 aliphatic rings. The Kier molecular flexibility index (Phi) is 5.62. The minimum atomic E-state index is -0.318. The van der Waals surface area contributed by atoms with E-state index in [4.69, 9.17) is 0 Å². The molecule has 1 amide bonds. The Hall–Kier alpha value is -3.29. The highest BCUT2D eigenvalue weighted by Crippen LogP contribution is 2.57. The second kappa shape index (κ2) is 8.49. The van der Waals surface area contributed by atoms with Crippen LogP contribution in [0.1, 0.15) is 67.1 Å². The number of anilines is 1.